The van der Waals surface area contributed by atoms with Crippen molar-refractivity contribution in [2.75, 3.05) is 26.3 Å². The lowest BCUT2D eigenvalue weighted by molar-refractivity contribution is -0.0648. The quantitative estimate of drug-likeness (QED) is 0.834. The summed E-state index contributed by atoms with van der Waals surface area (Å²) < 4.78 is 11.5. The average molecular weight is 341 g/mol. The maximum atomic E-state index is 12.5. The Bertz CT molecular complexity index is 718. The Hall–Kier alpha value is -2.31. The number of hydrogen-bond donors (Lipinski definition) is 0. The van der Waals surface area contributed by atoms with Gasteiger partial charge in [-0.25, -0.2) is 4.98 Å². The topological polar surface area (TPSA) is 64.5 Å². The third kappa shape index (κ3) is 4.84. The highest BCUT2D eigenvalue weighted by Gasteiger charge is 2.26. The van der Waals surface area contributed by atoms with Crippen molar-refractivity contribution in [2.24, 2.45) is 0 Å². The zero-order chi connectivity index (χ0) is 17.6. The molecular formula is C19H23N3O3. The molecule has 0 bridgehead atoms. The number of rotatable bonds is 5. The first-order valence-electron chi connectivity index (χ1n) is 8.44. The maximum absolute atomic E-state index is 12.5. The molecule has 1 aliphatic heterocycles. The second-order valence-electron chi connectivity index (χ2n) is 6.29. The van der Waals surface area contributed by atoms with E-state index in [4.69, 9.17) is 9.47 Å². The molecular weight excluding hydrogens is 318 g/mol. The van der Waals surface area contributed by atoms with Gasteiger partial charge in [0.25, 0.3) is 5.91 Å². The van der Waals surface area contributed by atoms with Crippen molar-refractivity contribution in [3.8, 4) is 0 Å². The van der Waals surface area contributed by atoms with Crippen LogP contribution in [0.1, 0.15) is 27.3 Å². The highest BCUT2D eigenvalue weighted by Crippen LogP contribution is 2.11. The largest absolute Gasteiger partial charge is 0.374 e. The normalized spacial score (nSPS) is 17.5. The van der Waals surface area contributed by atoms with E-state index in [-0.39, 0.29) is 12.0 Å². The van der Waals surface area contributed by atoms with Crippen molar-refractivity contribution in [1.29, 1.82) is 0 Å². The second kappa shape index (κ2) is 8.18. The number of nitrogens with zero attached hydrogens (tertiary/aromatic N) is 3. The molecule has 1 saturated heterocycles. The number of aryl methyl sites for hydroxylation is 2. The molecule has 2 aromatic rings. The van der Waals surface area contributed by atoms with Gasteiger partial charge in [0, 0.05) is 19.3 Å². The van der Waals surface area contributed by atoms with Gasteiger partial charge >= 0.3 is 0 Å². The van der Waals surface area contributed by atoms with E-state index in [0.29, 0.717) is 38.6 Å². The minimum Gasteiger partial charge on any atom is -0.374 e. The molecule has 0 radical (unpaired) electrons. The van der Waals surface area contributed by atoms with Gasteiger partial charge in [0.1, 0.15) is 5.69 Å². The molecule has 1 aromatic carbocycles. The van der Waals surface area contributed by atoms with Gasteiger partial charge in [0.05, 0.1) is 37.8 Å². The monoisotopic (exact) mass is 341 g/mol. The Morgan fingerprint density at radius 2 is 2.20 bits per heavy atom. The van der Waals surface area contributed by atoms with Crippen LogP contribution in [0.25, 0.3) is 0 Å². The maximum Gasteiger partial charge on any atom is 0.274 e. The van der Waals surface area contributed by atoms with Crippen molar-refractivity contribution in [1.82, 2.24) is 14.9 Å². The summed E-state index contributed by atoms with van der Waals surface area (Å²) in [6.45, 7) is 6.47. The highest BCUT2D eigenvalue weighted by molar-refractivity contribution is 5.92. The molecule has 0 aliphatic carbocycles. The fraction of sp³-hybridized carbons (Fsp3) is 0.421. The first-order valence-corrected chi connectivity index (χ1v) is 8.44. The first-order chi connectivity index (χ1) is 12.1. The Morgan fingerprint density at radius 3 is 2.96 bits per heavy atom. The molecule has 0 N–H and O–H groups in total. The smallest absolute Gasteiger partial charge is 0.274 e. The van der Waals surface area contributed by atoms with E-state index in [0.717, 1.165) is 11.3 Å². The zero-order valence-electron chi connectivity index (χ0n) is 14.6. The average Bonchev–Trinajstić information content (AvgIpc) is 2.62. The minimum atomic E-state index is -0.124. The Labute approximate surface area is 147 Å². The first kappa shape index (κ1) is 17.5. The summed E-state index contributed by atoms with van der Waals surface area (Å²) in [7, 11) is 0. The molecule has 1 atom stereocenters. The van der Waals surface area contributed by atoms with Gasteiger partial charge < -0.3 is 14.4 Å². The Balaban J connectivity index is 1.50. The molecule has 132 valence electrons. The summed E-state index contributed by atoms with van der Waals surface area (Å²) in [4.78, 5) is 22.6. The Kier molecular flexibility index (Phi) is 5.73. The molecule has 1 fully saturated rings. The SMILES string of the molecule is Cc1cccc(COCC2CN(C(=O)c3cnc(C)cn3)CCO2)c1. The van der Waals surface area contributed by atoms with Crippen molar-refractivity contribution in [2.45, 2.75) is 26.6 Å². The number of amides is 1. The molecule has 3 rings (SSSR count). The number of hydrogen-bond acceptors (Lipinski definition) is 5. The fourth-order valence-corrected chi connectivity index (χ4v) is 2.78. The summed E-state index contributed by atoms with van der Waals surface area (Å²) in [5.74, 6) is -0.112. The fourth-order valence-electron chi connectivity index (χ4n) is 2.78. The van der Waals surface area contributed by atoms with Crippen LogP contribution in [0, 0.1) is 13.8 Å². The van der Waals surface area contributed by atoms with E-state index in [2.05, 4.69) is 29.0 Å². The molecule has 1 unspecified atom stereocenters. The molecule has 6 nitrogen and oxygen atoms in total. The lowest BCUT2D eigenvalue weighted by Crippen LogP contribution is -2.47. The third-order valence-electron chi connectivity index (χ3n) is 4.08. The van der Waals surface area contributed by atoms with Crippen molar-refractivity contribution in [3.05, 3.63) is 59.2 Å². The molecule has 6 heteroatoms. The van der Waals surface area contributed by atoms with Gasteiger partial charge in [-0.3, -0.25) is 9.78 Å². The number of ether oxygens (including phenoxy) is 2. The van der Waals surface area contributed by atoms with Gasteiger partial charge in [0.15, 0.2) is 0 Å². The van der Waals surface area contributed by atoms with Crippen LogP contribution in [-0.2, 0) is 16.1 Å². The van der Waals surface area contributed by atoms with Gasteiger partial charge in [-0.1, -0.05) is 29.8 Å². The number of aromatic nitrogens is 2. The van der Waals surface area contributed by atoms with Crippen LogP contribution in [-0.4, -0.2) is 53.2 Å². The van der Waals surface area contributed by atoms with Crippen LogP contribution in [0.4, 0.5) is 0 Å². The second-order valence-corrected chi connectivity index (χ2v) is 6.29. The van der Waals surface area contributed by atoms with Crippen LogP contribution in [0.15, 0.2) is 36.7 Å². The van der Waals surface area contributed by atoms with Crippen LogP contribution >= 0.6 is 0 Å². The van der Waals surface area contributed by atoms with E-state index in [1.54, 1.807) is 11.1 Å². The number of benzene rings is 1. The van der Waals surface area contributed by atoms with Crippen LogP contribution < -0.4 is 0 Å². The van der Waals surface area contributed by atoms with Gasteiger partial charge in [-0.15, -0.1) is 0 Å². The molecule has 0 spiro atoms. The molecule has 2 heterocycles. The number of carbonyl (C=O) groups is 1. The van der Waals surface area contributed by atoms with Crippen molar-refractivity contribution in [3.63, 3.8) is 0 Å². The predicted octanol–water partition coefficient (Wildman–Crippen LogP) is 2.15. The standard InChI is InChI=1S/C19H23N3O3/c1-14-4-3-5-16(8-14)12-24-13-17-11-22(6-7-25-17)19(23)18-10-20-15(2)9-21-18/h3-5,8-10,17H,6-7,11-13H2,1-2H3. The van der Waals surface area contributed by atoms with E-state index in [9.17, 15) is 4.79 Å². The van der Waals surface area contributed by atoms with Gasteiger partial charge in [-0.05, 0) is 19.4 Å². The van der Waals surface area contributed by atoms with Crippen LogP contribution in [0.5, 0.6) is 0 Å². The molecule has 25 heavy (non-hydrogen) atoms. The zero-order valence-corrected chi connectivity index (χ0v) is 14.6. The summed E-state index contributed by atoms with van der Waals surface area (Å²) in [6, 6.07) is 8.23. The van der Waals surface area contributed by atoms with Crippen molar-refractivity contribution >= 4 is 5.91 Å². The lowest BCUT2D eigenvalue weighted by Gasteiger charge is -2.32. The van der Waals surface area contributed by atoms with E-state index in [1.165, 1.54) is 11.8 Å². The summed E-state index contributed by atoms with van der Waals surface area (Å²) in [6.07, 6.45) is 3.01. The predicted molar refractivity (Wildman–Crippen MR) is 93.2 cm³/mol. The third-order valence-corrected chi connectivity index (χ3v) is 4.08. The molecule has 1 aliphatic rings. The van der Waals surface area contributed by atoms with Crippen molar-refractivity contribution < 1.29 is 14.3 Å². The van der Waals surface area contributed by atoms with E-state index >= 15 is 0 Å². The summed E-state index contributed by atoms with van der Waals surface area (Å²) >= 11 is 0. The molecule has 1 amide bonds. The van der Waals surface area contributed by atoms with Gasteiger partial charge in [-0.2, -0.15) is 0 Å². The number of morpholine rings is 1. The van der Waals surface area contributed by atoms with Crippen LogP contribution in [0.3, 0.4) is 0 Å². The number of carbonyl (C=O) groups excluding carboxylic acids is 1. The van der Waals surface area contributed by atoms with E-state index in [1.807, 2.05) is 19.1 Å². The van der Waals surface area contributed by atoms with E-state index < -0.39 is 0 Å². The minimum absolute atomic E-state index is 0.112. The lowest BCUT2D eigenvalue weighted by atomic mass is 10.1. The Morgan fingerprint density at radius 1 is 1.32 bits per heavy atom. The van der Waals surface area contributed by atoms with Crippen LogP contribution in [0.2, 0.25) is 0 Å². The van der Waals surface area contributed by atoms with Gasteiger partial charge in [0.2, 0.25) is 0 Å². The molecule has 0 saturated carbocycles. The highest BCUT2D eigenvalue weighted by atomic mass is 16.5. The summed E-state index contributed by atoms with van der Waals surface area (Å²) in [5, 5.41) is 0. The summed E-state index contributed by atoms with van der Waals surface area (Å²) in [5.41, 5.74) is 3.51. The molecule has 1 aromatic heterocycles.